The van der Waals surface area contributed by atoms with Crippen LogP contribution in [-0.4, -0.2) is 21.1 Å². The molecule has 0 spiro atoms. The molecule has 1 aliphatic rings. The molecule has 1 unspecified atom stereocenters. The highest BCUT2D eigenvalue weighted by Crippen LogP contribution is 2.30. The molecule has 2 nitrogen and oxygen atoms in total. The summed E-state index contributed by atoms with van der Waals surface area (Å²) in [7, 11) is 6.28. The summed E-state index contributed by atoms with van der Waals surface area (Å²) in [6, 6.07) is 9.25. The van der Waals surface area contributed by atoms with E-state index in [0.717, 1.165) is 0 Å². The third kappa shape index (κ3) is 3.86. The number of nitrogens with one attached hydrogen (secondary N) is 1. The van der Waals surface area contributed by atoms with Gasteiger partial charge in [-0.05, 0) is 50.4 Å². The highest BCUT2D eigenvalue weighted by atomic mass is 15.1. The van der Waals surface area contributed by atoms with Gasteiger partial charge in [0, 0.05) is 19.8 Å². The number of likely N-dealkylation sites (N-methyl/N-ethyl adjacent to an activating group) is 1. The van der Waals surface area contributed by atoms with Crippen molar-refractivity contribution in [3.63, 3.8) is 0 Å². The summed E-state index contributed by atoms with van der Waals surface area (Å²) in [5.41, 5.74) is 4.22. The molecule has 0 aliphatic heterocycles. The zero-order chi connectivity index (χ0) is 14.4. The lowest BCUT2D eigenvalue weighted by atomic mass is 9.91. The zero-order valence-electron chi connectivity index (χ0n) is 13.2. The smallest absolute Gasteiger partial charge is 0.0534 e. The van der Waals surface area contributed by atoms with Crippen molar-refractivity contribution < 1.29 is 0 Å². The molecule has 0 fully saturated rings. The Morgan fingerprint density at radius 1 is 1.10 bits per heavy atom. The second kappa shape index (κ2) is 7.49. The summed E-state index contributed by atoms with van der Waals surface area (Å²) >= 11 is 0. The van der Waals surface area contributed by atoms with Gasteiger partial charge in [-0.1, -0.05) is 36.6 Å². The molecule has 1 atom stereocenters. The number of anilines is 1. The van der Waals surface area contributed by atoms with E-state index in [1.54, 1.807) is 5.57 Å². The predicted molar refractivity (Wildman–Crippen MR) is 88.4 cm³/mol. The molecular weight excluding hydrogens is 244 g/mol. The van der Waals surface area contributed by atoms with Crippen molar-refractivity contribution in [2.75, 3.05) is 26.0 Å². The molecule has 20 heavy (non-hydrogen) atoms. The number of hydrogen-bond acceptors (Lipinski definition) is 2. The predicted octanol–water partition coefficient (Wildman–Crippen LogP) is 4.29. The van der Waals surface area contributed by atoms with Crippen LogP contribution in [0.25, 0.3) is 0 Å². The van der Waals surface area contributed by atoms with E-state index in [1.165, 1.54) is 49.8 Å². The molecule has 110 valence electrons. The van der Waals surface area contributed by atoms with Crippen molar-refractivity contribution in [3.05, 3.63) is 41.5 Å². The zero-order valence-corrected chi connectivity index (χ0v) is 13.2. The van der Waals surface area contributed by atoms with Crippen LogP contribution in [0.15, 0.2) is 35.9 Å². The maximum atomic E-state index is 3.52. The van der Waals surface area contributed by atoms with Crippen molar-refractivity contribution in [2.45, 2.75) is 44.6 Å². The minimum absolute atomic E-state index is 0.369. The van der Waals surface area contributed by atoms with Gasteiger partial charge < -0.3 is 10.2 Å². The maximum Gasteiger partial charge on any atom is 0.0534 e. The fraction of sp³-hybridized carbons (Fsp3) is 0.556. The Bertz CT molecular complexity index is 448. The summed E-state index contributed by atoms with van der Waals surface area (Å²) in [5, 5.41) is 3.52. The summed E-state index contributed by atoms with van der Waals surface area (Å²) in [4.78, 5) is 2.17. The first-order valence-corrected chi connectivity index (χ1v) is 7.86. The minimum Gasteiger partial charge on any atom is -0.378 e. The van der Waals surface area contributed by atoms with Gasteiger partial charge in [0.05, 0.1) is 6.04 Å². The third-order valence-electron chi connectivity index (χ3n) is 4.21. The van der Waals surface area contributed by atoms with Gasteiger partial charge in [0.25, 0.3) is 0 Å². The summed E-state index contributed by atoms with van der Waals surface area (Å²) in [6.07, 6.45) is 10.4. The average Bonchev–Trinajstić information content (AvgIpc) is 2.42. The van der Waals surface area contributed by atoms with E-state index >= 15 is 0 Å². The lowest BCUT2D eigenvalue weighted by Crippen LogP contribution is -2.20. The van der Waals surface area contributed by atoms with Gasteiger partial charge >= 0.3 is 0 Å². The Labute approximate surface area is 123 Å². The summed E-state index contributed by atoms with van der Waals surface area (Å²) in [5.74, 6) is 0. The van der Waals surface area contributed by atoms with Crippen LogP contribution >= 0.6 is 0 Å². The lowest BCUT2D eigenvalue weighted by Gasteiger charge is -2.24. The van der Waals surface area contributed by atoms with Crippen LogP contribution < -0.4 is 10.2 Å². The molecule has 0 saturated heterocycles. The molecule has 0 radical (unpaired) electrons. The van der Waals surface area contributed by atoms with Crippen LogP contribution in [0.4, 0.5) is 5.69 Å². The Morgan fingerprint density at radius 2 is 1.90 bits per heavy atom. The molecule has 1 aromatic rings. The first-order valence-electron chi connectivity index (χ1n) is 7.86. The second-order valence-corrected chi connectivity index (χ2v) is 5.94. The van der Waals surface area contributed by atoms with Gasteiger partial charge in [-0.15, -0.1) is 0 Å². The first kappa shape index (κ1) is 15.1. The van der Waals surface area contributed by atoms with Gasteiger partial charge in [-0.2, -0.15) is 0 Å². The molecule has 1 N–H and O–H groups in total. The molecule has 0 amide bonds. The van der Waals surface area contributed by atoms with E-state index in [9.17, 15) is 0 Å². The van der Waals surface area contributed by atoms with E-state index in [1.807, 2.05) is 0 Å². The SMILES string of the molecule is CNC(/C1=C/CCCCCC1)c1cccc(N(C)C)c1. The quantitative estimate of drug-likeness (QED) is 0.822. The van der Waals surface area contributed by atoms with Crippen molar-refractivity contribution in [2.24, 2.45) is 0 Å². The second-order valence-electron chi connectivity index (χ2n) is 5.94. The Morgan fingerprint density at radius 3 is 2.65 bits per heavy atom. The molecule has 0 heterocycles. The summed E-state index contributed by atoms with van der Waals surface area (Å²) in [6.45, 7) is 0. The number of rotatable bonds is 4. The number of nitrogens with zero attached hydrogens (tertiary/aromatic N) is 1. The topological polar surface area (TPSA) is 15.3 Å². The maximum absolute atomic E-state index is 3.52. The molecule has 2 rings (SSSR count). The van der Waals surface area contributed by atoms with Crippen LogP contribution in [-0.2, 0) is 0 Å². The molecule has 0 aromatic heterocycles. The molecule has 0 bridgehead atoms. The first-order chi connectivity index (χ1) is 9.72. The molecule has 0 saturated carbocycles. The van der Waals surface area contributed by atoms with Crippen LogP contribution in [0.1, 0.15) is 50.1 Å². The fourth-order valence-electron chi connectivity index (χ4n) is 3.03. The standard InChI is InChI=1S/C18H28N2/c1-19-18(15-10-7-5-4-6-8-11-15)16-12-9-13-17(14-16)20(2)3/h9-10,12-14,18-19H,4-8,11H2,1-3H3/b15-10+. The summed E-state index contributed by atoms with van der Waals surface area (Å²) < 4.78 is 0. The van der Waals surface area contributed by atoms with Gasteiger partial charge in [0.1, 0.15) is 0 Å². The van der Waals surface area contributed by atoms with E-state index in [4.69, 9.17) is 0 Å². The number of allylic oxidation sites excluding steroid dienone is 1. The number of hydrogen-bond donors (Lipinski definition) is 1. The normalized spacial score (nSPS) is 20.4. The average molecular weight is 272 g/mol. The largest absolute Gasteiger partial charge is 0.378 e. The lowest BCUT2D eigenvalue weighted by molar-refractivity contribution is 0.574. The highest BCUT2D eigenvalue weighted by molar-refractivity contribution is 5.49. The van der Waals surface area contributed by atoms with Crippen molar-refractivity contribution in [1.82, 2.24) is 5.32 Å². The van der Waals surface area contributed by atoms with Crippen LogP contribution in [0.5, 0.6) is 0 Å². The van der Waals surface area contributed by atoms with Crippen molar-refractivity contribution >= 4 is 5.69 Å². The Kier molecular flexibility index (Phi) is 5.66. The van der Waals surface area contributed by atoms with Crippen LogP contribution in [0.3, 0.4) is 0 Å². The Balaban J connectivity index is 2.24. The van der Waals surface area contributed by atoms with Crippen LogP contribution in [0.2, 0.25) is 0 Å². The molecular formula is C18H28N2. The van der Waals surface area contributed by atoms with Crippen molar-refractivity contribution in [1.29, 1.82) is 0 Å². The van der Waals surface area contributed by atoms with Gasteiger partial charge in [0.15, 0.2) is 0 Å². The number of benzene rings is 1. The van der Waals surface area contributed by atoms with E-state index in [0.29, 0.717) is 6.04 Å². The van der Waals surface area contributed by atoms with Gasteiger partial charge in [0.2, 0.25) is 0 Å². The van der Waals surface area contributed by atoms with E-state index in [2.05, 4.69) is 61.7 Å². The molecule has 2 heteroatoms. The molecule has 1 aliphatic carbocycles. The van der Waals surface area contributed by atoms with Crippen LogP contribution in [0, 0.1) is 0 Å². The molecule has 1 aromatic carbocycles. The highest BCUT2D eigenvalue weighted by Gasteiger charge is 2.16. The fourth-order valence-corrected chi connectivity index (χ4v) is 3.03. The monoisotopic (exact) mass is 272 g/mol. The van der Waals surface area contributed by atoms with E-state index in [-0.39, 0.29) is 0 Å². The van der Waals surface area contributed by atoms with E-state index < -0.39 is 0 Å². The van der Waals surface area contributed by atoms with Gasteiger partial charge in [-0.25, -0.2) is 0 Å². The third-order valence-corrected chi connectivity index (χ3v) is 4.21. The Hall–Kier alpha value is -1.28. The van der Waals surface area contributed by atoms with Crippen molar-refractivity contribution in [3.8, 4) is 0 Å². The van der Waals surface area contributed by atoms with Gasteiger partial charge in [-0.3, -0.25) is 0 Å². The minimum atomic E-state index is 0.369.